The molecule has 0 spiro atoms. The van der Waals surface area contributed by atoms with Gasteiger partial charge in [0.05, 0.1) is 11.3 Å². The molecule has 26 heavy (non-hydrogen) atoms. The Labute approximate surface area is 145 Å². The van der Waals surface area contributed by atoms with Crippen molar-refractivity contribution in [1.82, 2.24) is 19.9 Å². The minimum absolute atomic E-state index is 0.156. The molecular weight excluding hydrogens is 343 g/mol. The number of rotatable bonds is 2. The molecule has 0 aliphatic rings. The molecule has 0 unspecified atom stereocenters. The lowest BCUT2D eigenvalue weighted by Gasteiger charge is -2.08. The van der Waals surface area contributed by atoms with E-state index in [0.29, 0.717) is 22.5 Å². The Morgan fingerprint density at radius 3 is 2.42 bits per heavy atom. The number of nitrogens with one attached hydrogen (secondary N) is 1. The number of halogens is 3. The number of benzene rings is 1. The molecule has 4 aromatic rings. The zero-order valence-electron chi connectivity index (χ0n) is 13.2. The highest BCUT2D eigenvalue weighted by atomic mass is 19.4. The molecular formula is C18H12F3N5. The lowest BCUT2D eigenvalue weighted by atomic mass is 10.0. The monoisotopic (exact) mass is 355 g/mol. The molecule has 0 bridgehead atoms. The van der Waals surface area contributed by atoms with Gasteiger partial charge < -0.3 is 10.7 Å². The molecule has 1 aromatic carbocycles. The van der Waals surface area contributed by atoms with Crippen molar-refractivity contribution in [3.63, 3.8) is 0 Å². The van der Waals surface area contributed by atoms with E-state index in [2.05, 4.69) is 19.9 Å². The van der Waals surface area contributed by atoms with Crippen LogP contribution >= 0.6 is 0 Å². The normalized spacial score (nSPS) is 11.8. The summed E-state index contributed by atoms with van der Waals surface area (Å²) in [5, 5.41) is 0.792. The van der Waals surface area contributed by atoms with Crippen LogP contribution in [0.2, 0.25) is 0 Å². The van der Waals surface area contributed by atoms with Crippen LogP contribution in [0.1, 0.15) is 5.56 Å². The summed E-state index contributed by atoms with van der Waals surface area (Å²) in [6, 6.07) is 8.56. The fraction of sp³-hybridized carbons (Fsp3) is 0.0556. The molecule has 0 saturated heterocycles. The fourth-order valence-corrected chi connectivity index (χ4v) is 2.75. The number of H-pyrrole nitrogens is 1. The third-order valence-electron chi connectivity index (χ3n) is 4.03. The summed E-state index contributed by atoms with van der Waals surface area (Å²) in [7, 11) is 0. The Bertz CT molecular complexity index is 1080. The minimum Gasteiger partial charge on any atom is -0.368 e. The smallest absolute Gasteiger partial charge is 0.368 e. The number of anilines is 1. The zero-order valence-corrected chi connectivity index (χ0v) is 13.2. The Kier molecular flexibility index (Phi) is 3.61. The lowest BCUT2D eigenvalue weighted by molar-refractivity contribution is -0.137. The molecule has 0 fully saturated rings. The van der Waals surface area contributed by atoms with Crippen LogP contribution < -0.4 is 5.73 Å². The highest BCUT2D eigenvalue weighted by molar-refractivity contribution is 5.94. The Morgan fingerprint density at radius 2 is 1.73 bits per heavy atom. The number of pyridine rings is 1. The first-order chi connectivity index (χ1) is 12.4. The molecule has 3 heterocycles. The summed E-state index contributed by atoms with van der Waals surface area (Å²) in [5.41, 5.74) is 8.36. The number of fused-ring (bicyclic) bond motifs is 1. The average Bonchev–Trinajstić information content (AvgIpc) is 3.04. The number of nitrogen functional groups attached to an aromatic ring is 1. The summed E-state index contributed by atoms with van der Waals surface area (Å²) < 4.78 is 38.2. The third-order valence-corrected chi connectivity index (χ3v) is 4.03. The van der Waals surface area contributed by atoms with Crippen LogP contribution in [0.15, 0.2) is 55.0 Å². The molecule has 0 aliphatic heterocycles. The van der Waals surface area contributed by atoms with Gasteiger partial charge in [0.2, 0.25) is 5.95 Å². The zero-order chi connectivity index (χ0) is 18.3. The molecule has 0 radical (unpaired) electrons. The molecule has 0 amide bonds. The van der Waals surface area contributed by atoms with Crippen molar-refractivity contribution in [2.45, 2.75) is 6.18 Å². The van der Waals surface area contributed by atoms with Crippen LogP contribution in [0.5, 0.6) is 0 Å². The van der Waals surface area contributed by atoms with Crippen LogP contribution in [-0.2, 0) is 6.18 Å². The maximum absolute atomic E-state index is 12.7. The van der Waals surface area contributed by atoms with Crippen molar-refractivity contribution in [2.24, 2.45) is 0 Å². The van der Waals surface area contributed by atoms with E-state index in [1.165, 1.54) is 12.1 Å². The van der Waals surface area contributed by atoms with Crippen LogP contribution in [-0.4, -0.2) is 19.9 Å². The SMILES string of the molecule is Nc1nccc(-c2c[nH]c3ncc(-c4ccc(C(F)(F)F)cc4)cc23)n1. The highest BCUT2D eigenvalue weighted by Gasteiger charge is 2.30. The van der Waals surface area contributed by atoms with Gasteiger partial charge in [0.15, 0.2) is 0 Å². The Balaban J connectivity index is 1.79. The maximum Gasteiger partial charge on any atom is 0.416 e. The summed E-state index contributed by atoms with van der Waals surface area (Å²) in [6.45, 7) is 0. The van der Waals surface area contributed by atoms with Gasteiger partial charge >= 0.3 is 6.18 Å². The molecule has 5 nitrogen and oxygen atoms in total. The number of hydrogen-bond donors (Lipinski definition) is 2. The van der Waals surface area contributed by atoms with E-state index in [1.807, 2.05) is 6.07 Å². The van der Waals surface area contributed by atoms with E-state index in [-0.39, 0.29) is 5.95 Å². The summed E-state index contributed by atoms with van der Waals surface area (Å²) in [4.78, 5) is 15.5. The quantitative estimate of drug-likeness (QED) is 0.562. The Morgan fingerprint density at radius 1 is 0.962 bits per heavy atom. The summed E-state index contributed by atoms with van der Waals surface area (Å²) >= 11 is 0. The first-order valence-corrected chi connectivity index (χ1v) is 7.65. The van der Waals surface area contributed by atoms with E-state index in [0.717, 1.165) is 23.1 Å². The second kappa shape index (κ2) is 5.83. The predicted octanol–water partition coefficient (Wildman–Crippen LogP) is 4.29. The molecule has 0 aliphatic carbocycles. The van der Waals surface area contributed by atoms with E-state index < -0.39 is 11.7 Å². The van der Waals surface area contributed by atoms with Gasteiger partial charge in [-0.1, -0.05) is 12.1 Å². The van der Waals surface area contributed by atoms with Crippen molar-refractivity contribution in [1.29, 1.82) is 0 Å². The second-order valence-corrected chi connectivity index (χ2v) is 5.70. The molecule has 8 heteroatoms. The molecule has 0 saturated carbocycles. The predicted molar refractivity (Wildman–Crippen MR) is 92.0 cm³/mol. The highest BCUT2D eigenvalue weighted by Crippen LogP contribution is 2.33. The molecule has 4 rings (SSSR count). The van der Waals surface area contributed by atoms with Crippen molar-refractivity contribution in [2.75, 3.05) is 5.73 Å². The van der Waals surface area contributed by atoms with Crippen molar-refractivity contribution < 1.29 is 13.2 Å². The van der Waals surface area contributed by atoms with Crippen LogP contribution in [0.25, 0.3) is 33.4 Å². The first-order valence-electron chi connectivity index (χ1n) is 7.65. The van der Waals surface area contributed by atoms with Gasteiger partial charge in [0.25, 0.3) is 0 Å². The minimum atomic E-state index is -4.36. The average molecular weight is 355 g/mol. The van der Waals surface area contributed by atoms with E-state index in [1.54, 1.807) is 24.7 Å². The van der Waals surface area contributed by atoms with Crippen molar-refractivity contribution >= 4 is 17.0 Å². The number of aromatic amines is 1. The maximum atomic E-state index is 12.7. The summed E-state index contributed by atoms with van der Waals surface area (Å²) in [5.74, 6) is 0.156. The molecule has 0 atom stereocenters. The van der Waals surface area contributed by atoms with Gasteiger partial charge in [-0.15, -0.1) is 0 Å². The van der Waals surface area contributed by atoms with Gasteiger partial charge in [-0.05, 0) is 29.8 Å². The van der Waals surface area contributed by atoms with Gasteiger partial charge in [0.1, 0.15) is 5.65 Å². The van der Waals surface area contributed by atoms with Crippen LogP contribution in [0.4, 0.5) is 19.1 Å². The number of nitrogens with zero attached hydrogens (tertiary/aromatic N) is 3. The van der Waals surface area contributed by atoms with E-state index in [9.17, 15) is 13.2 Å². The second-order valence-electron chi connectivity index (χ2n) is 5.70. The topological polar surface area (TPSA) is 80.5 Å². The fourth-order valence-electron chi connectivity index (χ4n) is 2.75. The van der Waals surface area contributed by atoms with Crippen LogP contribution in [0, 0.1) is 0 Å². The molecule has 130 valence electrons. The number of nitrogens with two attached hydrogens (primary N) is 1. The molecule has 3 N–H and O–H groups in total. The molecule has 3 aromatic heterocycles. The number of hydrogen-bond acceptors (Lipinski definition) is 4. The van der Waals surface area contributed by atoms with Gasteiger partial charge in [-0.25, -0.2) is 15.0 Å². The van der Waals surface area contributed by atoms with Gasteiger partial charge in [-0.2, -0.15) is 13.2 Å². The standard InChI is InChI=1S/C18H12F3N5/c19-18(20,21)12-3-1-10(2-4-12)11-7-13-14(9-25-16(13)24-8-11)15-5-6-23-17(22)26-15/h1-9H,(H,24,25)(H2,22,23,26). The first kappa shape index (κ1) is 16.1. The van der Waals surface area contributed by atoms with Crippen molar-refractivity contribution in [3.05, 3.63) is 60.6 Å². The largest absolute Gasteiger partial charge is 0.416 e. The van der Waals surface area contributed by atoms with E-state index in [4.69, 9.17) is 5.73 Å². The Hall–Kier alpha value is -3.42. The van der Waals surface area contributed by atoms with Crippen molar-refractivity contribution in [3.8, 4) is 22.4 Å². The van der Waals surface area contributed by atoms with E-state index >= 15 is 0 Å². The third kappa shape index (κ3) is 2.85. The number of alkyl halides is 3. The van der Waals surface area contributed by atoms with Gasteiger partial charge in [-0.3, -0.25) is 0 Å². The van der Waals surface area contributed by atoms with Crippen LogP contribution in [0.3, 0.4) is 0 Å². The summed E-state index contributed by atoms with van der Waals surface area (Å²) in [6.07, 6.45) is 0.570. The lowest BCUT2D eigenvalue weighted by Crippen LogP contribution is -2.03. The number of aromatic nitrogens is 4. The van der Waals surface area contributed by atoms with Gasteiger partial charge in [0, 0.05) is 35.1 Å².